The summed E-state index contributed by atoms with van der Waals surface area (Å²) < 4.78 is 0. The van der Waals surface area contributed by atoms with Gasteiger partial charge in [-0.1, -0.05) is 55.3 Å². The molecule has 0 radical (unpaired) electrons. The largest absolute Gasteiger partial charge is 0.336 e. The summed E-state index contributed by atoms with van der Waals surface area (Å²) in [6.45, 7) is 3.84. The van der Waals surface area contributed by atoms with Crippen molar-refractivity contribution in [3.05, 3.63) is 64.7 Å². The molecule has 1 saturated heterocycles. The molecule has 0 N–H and O–H groups in total. The van der Waals surface area contributed by atoms with Crippen LogP contribution >= 0.6 is 11.6 Å². The average molecular weight is 468 g/mol. The number of fused-ring (bicyclic) bond motifs is 3. The highest BCUT2D eigenvalue weighted by Gasteiger charge is 2.32. The van der Waals surface area contributed by atoms with Gasteiger partial charge in [-0.05, 0) is 55.6 Å². The fourth-order valence-corrected chi connectivity index (χ4v) is 5.35. The van der Waals surface area contributed by atoms with Crippen molar-refractivity contribution in [2.45, 2.75) is 64.1 Å². The van der Waals surface area contributed by atoms with Crippen LogP contribution < -0.4 is 4.90 Å². The number of likely N-dealkylation sites (N-methyl/N-ethyl adjacent to an activating group) is 1. The smallest absolute Gasteiger partial charge is 0.227 e. The molecule has 2 amide bonds. The van der Waals surface area contributed by atoms with E-state index < -0.39 is 0 Å². The van der Waals surface area contributed by atoms with Crippen LogP contribution in [0.15, 0.2) is 48.5 Å². The topological polar surface area (TPSA) is 43.9 Å². The maximum Gasteiger partial charge on any atom is 0.227 e. The molecule has 2 aliphatic rings. The Bertz CT molecular complexity index is 978. The number of benzene rings is 2. The quantitative estimate of drug-likeness (QED) is 0.644. The Morgan fingerprint density at radius 2 is 1.70 bits per heavy atom. The van der Waals surface area contributed by atoms with Crippen molar-refractivity contribution < 1.29 is 9.59 Å². The maximum absolute atomic E-state index is 13.5. The Morgan fingerprint density at radius 1 is 0.970 bits per heavy atom. The minimum atomic E-state index is 0.107. The van der Waals surface area contributed by atoms with Gasteiger partial charge >= 0.3 is 0 Å². The standard InChI is InChI=1S/C27H34ClN3O2/c1-3-26(32)31-16-15-23-8-6-9-24(29(23)2)19-30(18-21-7-4-5-10-25(21)31)27(33)17-20-11-13-22(28)14-12-20/h4-5,7,10-14,23-24H,3,6,8-9,15-19H2,1-2H3. The molecule has 2 bridgehead atoms. The second-order valence-corrected chi connectivity index (χ2v) is 9.73. The van der Waals surface area contributed by atoms with Crippen LogP contribution in [0.1, 0.15) is 50.2 Å². The van der Waals surface area contributed by atoms with E-state index in [9.17, 15) is 9.59 Å². The first kappa shape index (κ1) is 23.8. The molecule has 0 aliphatic carbocycles. The highest BCUT2D eigenvalue weighted by Crippen LogP contribution is 2.30. The van der Waals surface area contributed by atoms with E-state index in [4.69, 9.17) is 11.6 Å². The first-order valence-corrected chi connectivity index (χ1v) is 12.5. The van der Waals surface area contributed by atoms with E-state index in [1.165, 1.54) is 0 Å². The Kier molecular flexibility index (Phi) is 7.71. The van der Waals surface area contributed by atoms with Gasteiger partial charge < -0.3 is 9.80 Å². The van der Waals surface area contributed by atoms with Gasteiger partial charge in [-0.25, -0.2) is 0 Å². The molecule has 6 heteroatoms. The number of para-hydroxylation sites is 1. The predicted octanol–water partition coefficient (Wildman–Crippen LogP) is 4.91. The minimum absolute atomic E-state index is 0.107. The maximum atomic E-state index is 13.5. The fourth-order valence-electron chi connectivity index (χ4n) is 5.22. The van der Waals surface area contributed by atoms with Gasteiger partial charge in [0.15, 0.2) is 0 Å². The van der Waals surface area contributed by atoms with E-state index in [0.29, 0.717) is 49.6 Å². The Hall–Kier alpha value is -2.37. The molecule has 0 saturated carbocycles. The third-order valence-electron chi connectivity index (χ3n) is 7.21. The lowest BCUT2D eigenvalue weighted by molar-refractivity contribution is -0.132. The molecular weight excluding hydrogens is 434 g/mol. The molecular formula is C27H34ClN3O2. The van der Waals surface area contributed by atoms with Gasteiger partial charge in [0.2, 0.25) is 11.8 Å². The first-order valence-electron chi connectivity index (χ1n) is 12.1. The fraction of sp³-hybridized carbons (Fsp3) is 0.481. The van der Waals surface area contributed by atoms with E-state index in [2.05, 4.69) is 18.0 Å². The predicted molar refractivity (Wildman–Crippen MR) is 133 cm³/mol. The summed E-state index contributed by atoms with van der Waals surface area (Å²) in [6.07, 6.45) is 5.16. The van der Waals surface area contributed by atoms with Gasteiger partial charge in [-0.3, -0.25) is 14.5 Å². The number of hydrogen-bond donors (Lipinski definition) is 0. The van der Waals surface area contributed by atoms with E-state index in [0.717, 1.165) is 42.5 Å². The summed E-state index contributed by atoms with van der Waals surface area (Å²) in [5, 5.41) is 0.672. The highest BCUT2D eigenvalue weighted by molar-refractivity contribution is 6.30. The Labute approximate surface area is 202 Å². The van der Waals surface area contributed by atoms with Crippen molar-refractivity contribution in [1.82, 2.24) is 9.80 Å². The molecule has 2 aromatic rings. The number of nitrogens with zero attached hydrogens (tertiary/aromatic N) is 3. The van der Waals surface area contributed by atoms with Crippen LogP contribution in [-0.2, 0) is 22.6 Å². The van der Waals surface area contributed by atoms with Crippen LogP contribution in [0, 0.1) is 0 Å². The molecule has 2 heterocycles. The van der Waals surface area contributed by atoms with Crippen LogP contribution in [0.25, 0.3) is 0 Å². The third-order valence-corrected chi connectivity index (χ3v) is 7.46. The normalized spacial score (nSPS) is 21.8. The van der Waals surface area contributed by atoms with Crippen LogP contribution in [-0.4, -0.2) is 53.8 Å². The summed E-state index contributed by atoms with van der Waals surface area (Å²) in [5.41, 5.74) is 2.93. The van der Waals surface area contributed by atoms with Gasteiger partial charge in [-0.15, -0.1) is 0 Å². The lowest BCUT2D eigenvalue weighted by atomic mass is 9.93. The van der Waals surface area contributed by atoms with Gasteiger partial charge in [0, 0.05) is 48.8 Å². The summed E-state index contributed by atoms with van der Waals surface area (Å²) in [5.74, 6) is 0.242. The van der Waals surface area contributed by atoms with Gasteiger partial charge in [0.25, 0.3) is 0 Å². The van der Waals surface area contributed by atoms with Crippen LogP contribution in [0.3, 0.4) is 0 Å². The monoisotopic (exact) mass is 467 g/mol. The molecule has 0 aromatic heterocycles. The van der Waals surface area contributed by atoms with E-state index in [1.54, 1.807) is 0 Å². The number of halogens is 1. The zero-order chi connectivity index (χ0) is 23.4. The Morgan fingerprint density at radius 3 is 2.45 bits per heavy atom. The molecule has 0 spiro atoms. The van der Waals surface area contributed by atoms with Gasteiger partial charge in [0.05, 0.1) is 6.42 Å². The molecule has 1 fully saturated rings. The van der Waals surface area contributed by atoms with Gasteiger partial charge in [0.1, 0.15) is 0 Å². The zero-order valence-electron chi connectivity index (χ0n) is 19.7. The zero-order valence-corrected chi connectivity index (χ0v) is 20.4. The third kappa shape index (κ3) is 5.59. The van der Waals surface area contributed by atoms with Gasteiger partial charge in [-0.2, -0.15) is 0 Å². The minimum Gasteiger partial charge on any atom is -0.336 e. The summed E-state index contributed by atoms with van der Waals surface area (Å²) in [6, 6.07) is 16.3. The Balaban J connectivity index is 1.68. The van der Waals surface area contributed by atoms with E-state index >= 15 is 0 Å². The molecule has 2 aliphatic heterocycles. The number of anilines is 1. The summed E-state index contributed by atoms with van der Waals surface area (Å²) in [4.78, 5) is 32.9. The average Bonchev–Trinajstić information content (AvgIpc) is 2.83. The number of rotatable bonds is 3. The lowest BCUT2D eigenvalue weighted by Gasteiger charge is -2.42. The van der Waals surface area contributed by atoms with Crippen molar-refractivity contribution in [3.63, 3.8) is 0 Å². The molecule has 176 valence electrons. The van der Waals surface area contributed by atoms with Crippen molar-refractivity contribution in [2.75, 3.05) is 25.0 Å². The van der Waals surface area contributed by atoms with Crippen LogP contribution in [0.4, 0.5) is 5.69 Å². The molecule has 2 atom stereocenters. The molecule has 2 unspecified atom stereocenters. The second-order valence-electron chi connectivity index (χ2n) is 9.30. The molecule has 33 heavy (non-hydrogen) atoms. The summed E-state index contributed by atoms with van der Waals surface area (Å²) >= 11 is 6.03. The van der Waals surface area contributed by atoms with E-state index in [-0.39, 0.29) is 11.8 Å². The molecule has 4 rings (SSSR count). The molecule has 5 nitrogen and oxygen atoms in total. The molecule has 2 aromatic carbocycles. The highest BCUT2D eigenvalue weighted by atomic mass is 35.5. The van der Waals surface area contributed by atoms with Crippen molar-refractivity contribution in [1.29, 1.82) is 0 Å². The van der Waals surface area contributed by atoms with Crippen molar-refractivity contribution in [2.24, 2.45) is 0 Å². The first-order chi connectivity index (χ1) is 16.0. The number of amides is 2. The van der Waals surface area contributed by atoms with Crippen molar-refractivity contribution >= 4 is 29.1 Å². The number of carbonyl (C=O) groups is 2. The number of hydrogen-bond acceptors (Lipinski definition) is 3. The second kappa shape index (κ2) is 10.7. The lowest BCUT2D eigenvalue weighted by Crippen LogP contribution is -2.51. The van der Waals surface area contributed by atoms with E-state index in [1.807, 2.05) is 59.2 Å². The van der Waals surface area contributed by atoms with Crippen molar-refractivity contribution in [3.8, 4) is 0 Å². The number of carbonyl (C=O) groups excluding carboxylic acids is 2. The van der Waals surface area contributed by atoms with Crippen LogP contribution in [0.2, 0.25) is 5.02 Å². The summed E-state index contributed by atoms with van der Waals surface area (Å²) in [7, 11) is 2.19. The number of piperidine rings is 1. The van der Waals surface area contributed by atoms with Crippen LogP contribution in [0.5, 0.6) is 0 Å². The SMILES string of the molecule is CCC(=O)N1CCC2CCCC(CN(C(=O)Cc3ccc(Cl)cc3)Cc3ccccc31)N2C.